The van der Waals surface area contributed by atoms with Crippen molar-refractivity contribution in [2.75, 3.05) is 5.32 Å². The molecule has 3 aromatic carbocycles. The monoisotopic (exact) mass is 421 g/mol. The zero-order valence-electron chi connectivity index (χ0n) is 14.9. The van der Waals surface area contributed by atoms with E-state index in [1.165, 1.54) is 12.1 Å². The van der Waals surface area contributed by atoms with E-state index in [9.17, 15) is 27.1 Å². The zero-order chi connectivity index (χ0) is 21.5. The van der Waals surface area contributed by atoms with Crippen LogP contribution in [0.25, 0.3) is 22.2 Å². The van der Waals surface area contributed by atoms with Crippen molar-refractivity contribution >= 4 is 22.7 Å². The lowest BCUT2D eigenvalue weighted by atomic mass is 10.0. The summed E-state index contributed by atoms with van der Waals surface area (Å²) >= 11 is 0. The number of aromatic amines is 1. The zero-order valence-corrected chi connectivity index (χ0v) is 14.9. The van der Waals surface area contributed by atoms with Crippen molar-refractivity contribution in [1.29, 1.82) is 0 Å². The molecule has 30 heavy (non-hydrogen) atoms. The smallest absolute Gasteiger partial charge is 0.503 e. The predicted octanol–water partition coefficient (Wildman–Crippen LogP) is 5.86. The maximum absolute atomic E-state index is 13.6. The normalized spacial score (nSPS) is 11.6. The number of anilines is 2. The molecule has 10 heteroatoms. The first-order valence-corrected chi connectivity index (χ1v) is 8.49. The van der Waals surface area contributed by atoms with E-state index in [2.05, 4.69) is 20.0 Å². The van der Waals surface area contributed by atoms with Gasteiger partial charge in [0.2, 0.25) is 5.95 Å². The van der Waals surface area contributed by atoms with Gasteiger partial charge in [-0.1, -0.05) is 6.07 Å². The predicted molar refractivity (Wildman–Crippen MR) is 99.5 cm³/mol. The van der Waals surface area contributed by atoms with Gasteiger partial charge in [-0.05, 0) is 59.7 Å². The van der Waals surface area contributed by atoms with Crippen molar-refractivity contribution in [3.63, 3.8) is 0 Å². The molecule has 0 amide bonds. The summed E-state index contributed by atoms with van der Waals surface area (Å²) in [6, 6.07) is 12.0. The molecular formula is C20H12F5N3O2. The molecule has 0 aliphatic carbocycles. The number of ether oxygens (including phenoxy) is 1. The summed E-state index contributed by atoms with van der Waals surface area (Å²) in [6.07, 6.45) is -4.77. The van der Waals surface area contributed by atoms with Crippen molar-refractivity contribution < 1.29 is 31.8 Å². The van der Waals surface area contributed by atoms with E-state index in [-0.39, 0.29) is 11.3 Å². The summed E-state index contributed by atoms with van der Waals surface area (Å²) < 4.78 is 67.7. The van der Waals surface area contributed by atoms with E-state index in [0.29, 0.717) is 28.2 Å². The third-order valence-corrected chi connectivity index (χ3v) is 4.18. The number of nitrogens with zero attached hydrogens (tertiary/aromatic N) is 1. The molecular weight excluding hydrogens is 409 g/mol. The van der Waals surface area contributed by atoms with Gasteiger partial charge in [0.15, 0.2) is 17.4 Å². The minimum absolute atomic E-state index is 0.231. The first-order valence-electron chi connectivity index (χ1n) is 8.49. The summed E-state index contributed by atoms with van der Waals surface area (Å²) in [6.45, 7) is 0. The number of nitrogens with one attached hydrogen (secondary N) is 2. The average Bonchev–Trinajstić information content (AvgIpc) is 3.07. The first kappa shape index (κ1) is 19.5. The number of fused-ring (bicyclic) bond motifs is 1. The van der Waals surface area contributed by atoms with Gasteiger partial charge in [-0.3, -0.25) is 0 Å². The lowest BCUT2D eigenvalue weighted by molar-refractivity contribution is -0.274. The van der Waals surface area contributed by atoms with Crippen molar-refractivity contribution in [2.24, 2.45) is 0 Å². The molecule has 0 saturated carbocycles. The van der Waals surface area contributed by atoms with Crippen molar-refractivity contribution in [3.05, 3.63) is 66.2 Å². The molecule has 0 aliphatic heterocycles. The number of aromatic nitrogens is 2. The maximum Gasteiger partial charge on any atom is 0.573 e. The molecule has 4 rings (SSSR count). The third kappa shape index (κ3) is 4.12. The minimum Gasteiger partial charge on any atom is -0.503 e. The van der Waals surface area contributed by atoms with Crippen molar-refractivity contribution in [1.82, 2.24) is 9.97 Å². The molecule has 0 unspecified atom stereocenters. The second kappa shape index (κ2) is 7.21. The van der Waals surface area contributed by atoms with Crippen LogP contribution in [0.1, 0.15) is 0 Å². The Morgan fingerprint density at radius 3 is 2.20 bits per heavy atom. The van der Waals surface area contributed by atoms with Gasteiger partial charge in [-0.25, -0.2) is 13.8 Å². The summed E-state index contributed by atoms with van der Waals surface area (Å²) in [5.41, 5.74) is 2.30. The highest BCUT2D eigenvalue weighted by Crippen LogP contribution is 2.30. The molecule has 4 aromatic rings. The van der Waals surface area contributed by atoms with Gasteiger partial charge in [0, 0.05) is 5.69 Å². The molecule has 0 saturated heterocycles. The quantitative estimate of drug-likeness (QED) is 0.361. The van der Waals surface area contributed by atoms with Crippen molar-refractivity contribution in [3.8, 4) is 22.6 Å². The van der Waals surface area contributed by atoms with E-state index in [1.807, 2.05) is 0 Å². The van der Waals surface area contributed by atoms with Crippen LogP contribution in [-0.4, -0.2) is 21.4 Å². The van der Waals surface area contributed by atoms with Crippen LogP contribution in [0, 0.1) is 11.6 Å². The second-order valence-corrected chi connectivity index (χ2v) is 6.30. The Morgan fingerprint density at radius 1 is 0.900 bits per heavy atom. The summed E-state index contributed by atoms with van der Waals surface area (Å²) in [4.78, 5) is 7.29. The standard InChI is InChI=1S/C20H12F5N3O2/c21-14-7-11(8-15(22)18(14)29)10-1-6-16-17(9-10)28-19(27-16)26-12-2-4-13(5-3-12)30-20(23,24)25/h1-9,29H,(H2,26,27,28). The number of phenols is 1. The highest BCUT2D eigenvalue weighted by atomic mass is 19.4. The SMILES string of the molecule is Oc1c(F)cc(-c2ccc3nc(Nc4ccc(OC(F)(F)F)cc4)[nH]c3c2)cc1F. The van der Waals surface area contributed by atoms with Gasteiger partial charge < -0.3 is 20.1 Å². The number of hydrogen-bond donors (Lipinski definition) is 3. The van der Waals surface area contributed by atoms with Crippen LogP contribution in [0.3, 0.4) is 0 Å². The van der Waals surface area contributed by atoms with Gasteiger partial charge >= 0.3 is 6.36 Å². The molecule has 0 fully saturated rings. The van der Waals surface area contributed by atoms with Crippen LogP contribution in [-0.2, 0) is 0 Å². The number of rotatable bonds is 4. The highest BCUT2D eigenvalue weighted by molar-refractivity contribution is 5.84. The van der Waals surface area contributed by atoms with Gasteiger partial charge in [0.25, 0.3) is 0 Å². The third-order valence-electron chi connectivity index (χ3n) is 4.18. The second-order valence-electron chi connectivity index (χ2n) is 6.30. The number of aromatic hydroxyl groups is 1. The number of H-pyrrole nitrogens is 1. The van der Waals surface area contributed by atoms with Crippen LogP contribution >= 0.6 is 0 Å². The van der Waals surface area contributed by atoms with Crippen LogP contribution < -0.4 is 10.1 Å². The molecule has 154 valence electrons. The number of alkyl halides is 3. The van der Waals surface area contributed by atoms with Gasteiger partial charge in [0.05, 0.1) is 11.0 Å². The molecule has 1 heterocycles. The topological polar surface area (TPSA) is 70.2 Å². The van der Waals surface area contributed by atoms with E-state index < -0.39 is 23.7 Å². The first-order chi connectivity index (χ1) is 14.2. The molecule has 0 spiro atoms. The Labute approximate surface area is 165 Å². The highest BCUT2D eigenvalue weighted by Gasteiger charge is 2.30. The molecule has 0 bridgehead atoms. The average molecular weight is 421 g/mol. The minimum atomic E-state index is -4.77. The number of phenolic OH excluding ortho intramolecular Hbond substituents is 1. The van der Waals surface area contributed by atoms with Crippen molar-refractivity contribution in [2.45, 2.75) is 6.36 Å². The number of benzene rings is 3. The fourth-order valence-corrected chi connectivity index (χ4v) is 2.86. The fraction of sp³-hybridized carbons (Fsp3) is 0.0500. The Hall–Kier alpha value is -3.82. The lowest BCUT2D eigenvalue weighted by Crippen LogP contribution is -2.16. The van der Waals surface area contributed by atoms with Gasteiger partial charge in [-0.2, -0.15) is 0 Å². The summed E-state index contributed by atoms with van der Waals surface area (Å²) in [5.74, 6) is -3.23. The van der Waals surface area contributed by atoms with E-state index >= 15 is 0 Å². The van der Waals surface area contributed by atoms with Crippen LogP contribution in [0.15, 0.2) is 54.6 Å². The Bertz CT molecular complexity index is 1200. The van der Waals surface area contributed by atoms with Gasteiger partial charge in [0.1, 0.15) is 5.75 Å². The summed E-state index contributed by atoms with van der Waals surface area (Å²) in [7, 11) is 0. The van der Waals surface area contributed by atoms with E-state index in [4.69, 9.17) is 0 Å². The summed E-state index contributed by atoms with van der Waals surface area (Å²) in [5, 5.41) is 12.1. The number of hydrogen-bond acceptors (Lipinski definition) is 4. The number of halogens is 5. The Kier molecular flexibility index (Phi) is 4.69. The Morgan fingerprint density at radius 2 is 1.57 bits per heavy atom. The molecule has 0 radical (unpaired) electrons. The lowest BCUT2D eigenvalue weighted by Gasteiger charge is -2.09. The largest absolute Gasteiger partial charge is 0.573 e. The van der Waals surface area contributed by atoms with Crippen LogP contribution in [0.2, 0.25) is 0 Å². The molecule has 5 nitrogen and oxygen atoms in total. The van der Waals surface area contributed by atoms with Crippen LogP contribution in [0.5, 0.6) is 11.5 Å². The van der Waals surface area contributed by atoms with Crippen LogP contribution in [0.4, 0.5) is 33.6 Å². The fourth-order valence-electron chi connectivity index (χ4n) is 2.86. The van der Waals surface area contributed by atoms with E-state index in [1.54, 1.807) is 18.2 Å². The molecule has 0 aliphatic rings. The molecule has 3 N–H and O–H groups in total. The van der Waals surface area contributed by atoms with Gasteiger partial charge in [-0.15, -0.1) is 13.2 Å². The Balaban J connectivity index is 1.57. The number of imidazole rings is 1. The molecule has 1 aromatic heterocycles. The molecule has 0 atom stereocenters. The van der Waals surface area contributed by atoms with E-state index in [0.717, 1.165) is 24.3 Å². The maximum atomic E-state index is 13.6.